The molecule has 0 aliphatic rings. The summed E-state index contributed by atoms with van der Waals surface area (Å²) >= 11 is 0. The predicted octanol–water partition coefficient (Wildman–Crippen LogP) is 1.09. The zero-order valence-corrected chi connectivity index (χ0v) is 15.4. The van der Waals surface area contributed by atoms with Gasteiger partial charge in [0.05, 0.1) is 5.69 Å². The van der Waals surface area contributed by atoms with Gasteiger partial charge in [-0.05, 0) is 18.2 Å². The number of nitrogens with one attached hydrogen (secondary N) is 3. The molecule has 0 saturated carbocycles. The first-order valence-corrected chi connectivity index (χ1v) is 8.86. The quantitative estimate of drug-likeness (QED) is 0.438. The number of carbonyl (C=O) groups excluding carboxylic acids is 2. The smallest absolute Gasteiger partial charge is 0.268 e. The summed E-state index contributed by atoms with van der Waals surface area (Å²) in [5.74, 6) is -1.07. The standard InChI is InChI=1S/C20H15N7O3/c28-16-12-11-15(22-23-16)19(29)24-25-20(30)17-21-18(13-7-3-1-4-8-13)27(26-17)14-9-5-2-6-10-14/h1-12H,(H,23,28)(H,24,29)(H,25,30). The van der Waals surface area contributed by atoms with Gasteiger partial charge in [-0.1, -0.05) is 48.5 Å². The SMILES string of the molecule is O=C(NNC(=O)c1nc(-c2ccccc2)n(-c2ccccc2)n1)c1ccc(=O)[nH]n1. The minimum absolute atomic E-state index is 0.0670. The van der Waals surface area contributed by atoms with Gasteiger partial charge in [0.1, 0.15) is 0 Å². The Morgan fingerprint density at radius 2 is 1.50 bits per heavy atom. The van der Waals surface area contributed by atoms with Gasteiger partial charge in [0.15, 0.2) is 11.5 Å². The molecule has 30 heavy (non-hydrogen) atoms. The highest BCUT2D eigenvalue weighted by molar-refractivity contribution is 5.96. The van der Waals surface area contributed by atoms with Gasteiger partial charge in [-0.15, -0.1) is 5.10 Å². The van der Waals surface area contributed by atoms with E-state index >= 15 is 0 Å². The summed E-state index contributed by atoms with van der Waals surface area (Å²) in [6.07, 6.45) is 0. The third-order valence-electron chi connectivity index (χ3n) is 4.04. The maximum atomic E-state index is 12.5. The van der Waals surface area contributed by atoms with Crippen LogP contribution >= 0.6 is 0 Å². The predicted molar refractivity (Wildman–Crippen MR) is 107 cm³/mol. The van der Waals surface area contributed by atoms with E-state index in [0.29, 0.717) is 5.82 Å². The highest BCUT2D eigenvalue weighted by atomic mass is 16.2. The van der Waals surface area contributed by atoms with Crippen molar-refractivity contribution in [3.63, 3.8) is 0 Å². The molecule has 0 radical (unpaired) electrons. The number of amides is 2. The molecule has 2 heterocycles. The summed E-state index contributed by atoms with van der Waals surface area (Å²) in [5.41, 5.74) is 5.45. The summed E-state index contributed by atoms with van der Waals surface area (Å²) in [4.78, 5) is 39.9. The van der Waals surface area contributed by atoms with Crippen molar-refractivity contribution in [3.05, 3.63) is 94.7 Å². The van der Waals surface area contributed by atoms with E-state index in [-0.39, 0.29) is 11.5 Å². The number of rotatable bonds is 4. The Bertz CT molecular complexity index is 1170. The molecular weight excluding hydrogens is 386 g/mol. The Morgan fingerprint density at radius 3 is 2.17 bits per heavy atom. The molecule has 0 aliphatic carbocycles. The Morgan fingerprint density at radius 1 is 0.833 bits per heavy atom. The number of hydrogen-bond acceptors (Lipinski definition) is 6. The van der Waals surface area contributed by atoms with Gasteiger partial charge in [-0.2, -0.15) is 5.10 Å². The van der Waals surface area contributed by atoms with Crippen molar-refractivity contribution in [2.24, 2.45) is 0 Å². The minimum atomic E-state index is -0.709. The van der Waals surface area contributed by atoms with Gasteiger partial charge in [0.25, 0.3) is 11.5 Å². The first kappa shape index (κ1) is 18.7. The van der Waals surface area contributed by atoms with Gasteiger partial charge in [0, 0.05) is 11.6 Å². The number of hydrazine groups is 1. The lowest BCUT2D eigenvalue weighted by atomic mass is 10.2. The van der Waals surface area contributed by atoms with E-state index < -0.39 is 17.4 Å². The number of carbonyl (C=O) groups is 2. The highest BCUT2D eigenvalue weighted by Gasteiger charge is 2.19. The van der Waals surface area contributed by atoms with E-state index in [1.165, 1.54) is 6.07 Å². The minimum Gasteiger partial charge on any atom is -0.268 e. The largest absolute Gasteiger partial charge is 0.309 e. The van der Waals surface area contributed by atoms with E-state index in [0.717, 1.165) is 17.3 Å². The summed E-state index contributed by atoms with van der Waals surface area (Å²) in [6, 6.07) is 20.9. The lowest BCUT2D eigenvalue weighted by Crippen LogP contribution is -2.42. The maximum Gasteiger partial charge on any atom is 0.309 e. The number of aromatic amines is 1. The molecule has 3 N–H and O–H groups in total. The fraction of sp³-hybridized carbons (Fsp3) is 0. The molecule has 0 atom stereocenters. The molecule has 4 aromatic rings. The van der Waals surface area contributed by atoms with E-state index in [1.807, 2.05) is 60.7 Å². The van der Waals surface area contributed by atoms with Crippen LogP contribution in [0.3, 0.4) is 0 Å². The molecule has 2 amide bonds. The zero-order chi connectivity index (χ0) is 20.9. The molecule has 0 spiro atoms. The van der Waals surface area contributed by atoms with E-state index in [9.17, 15) is 14.4 Å². The number of benzene rings is 2. The van der Waals surface area contributed by atoms with Gasteiger partial charge < -0.3 is 0 Å². The number of H-pyrrole nitrogens is 1. The Labute approximate surface area is 169 Å². The van der Waals surface area contributed by atoms with Crippen LogP contribution in [-0.2, 0) is 0 Å². The van der Waals surface area contributed by atoms with Crippen LogP contribution in [0.1, 0.15) is 21.1 Å². The van der Waals surface area contributed by atoms with Gasteiger partial charge >= 0.3 is 5.91 Å². The first-order chi connectivity index (χ1) is 14.6. The second-order valence-corrected chi connectivity index (χ2v) is 6.09. The molecule has 0 aliphatic heterocycles. The molecule has 10 nitrogen and oxygen atoms in total. The zero-order valence-electron chi connectivity index (χ0n) is 15.4. The van der Waals surface area contributed by atoms with Crippen LogP contribution < -0.4 is 16.4 Å². The summed E-state index contributed by atoms with van der Waals surface area (Å²) < 4.78 is 1.55. The van der Waals surface area contributed by atoms with E-state index in [1.54, 1.807) is 4.68 Å². The normalized spacial score (nSPS) is 10.4. The average molecular weight is 401 g/mol. The van der Waals surface area contributed by atoms with Gasteiger partial charge in [-0.3, -0.25) is 25.2 Å². The molecular formula is C20H15N7O3. The molecule has 4 rings (SSSR count). The lowest BCUT2D eigenvalue weighted by molar-refractivity contribution is 0.0837. The van der Waals surface area contributed by atoms with Crippen LogP contribution in [-0.4, -0.2) is 36.8 Å². The Hall–Kier alpha value is -4.60. The molecule has 0 fully saturated rings. The molecule has 0 bridgehead atoms. The molecule has 0 unspecified atom stereocenters. The summed E-state index contributed by atoms with van der Waals surface area (Å²) in [5, 5.41) is 10.0. The van der Waals surface area contributed by atoms with Crippen molar-refractivity contribution < 1.29 is 9.59 Å². The molecule has 0 saturated heterocycles. The number of aromatic nitrogens is 5. The van der Waals surface area contributed by atoms with Crippen molar-refractivity contribution in [3.8, 4) is 17.1 Å². The molecule has 148 valence electrons. The number of nitrogens with zero attached hydrogens (tertiary/aromatic N) is 4. The van der Waals surface area contributed by atoms with Crippen LogP contribution in [0.2, 0.25) is 0 Å². The third-order valence-corrected chi connectivity index (χ3v) is 4.04. The molecule has 10 heteroatoms. The fourth-order valence-electron chi connectivity index (χ4n) is 2.64. The molecule has 2 aromatic carbocycles. The van der Waals surface area contributed by atoms with Crippen LogP contribution in [0.4, 0.5) is 0 Å². The Kier molecular flexibility index (Phi) is 5.12. The van der Waals surface area contributed by atoms with Crippen LogP contribution in [0, 0.1) is 0 Å². The summed E-state index contributed by atoms with van der Waals surface area (Å²) in [7, 11) is 0. The topological polar surface area (TPSA) is 135 Å². The van der Waals surface area contributed by atoms with Crippen molar-refractivity contribution in [2.45, 2.75) is 0 Å². The van der Waals surface area contributed by atoms with E-state index in [4.69, 9.17) is 0 Å². The summed E-state index contributed by atoms with van der Waals surface area (Å²) in [6.45, 7) is 0. The molecule has 2 aromatic heterocycles. The highest BCUT2D eigenvalue weighted by Crippen LogP contribution is 2.20. The van der Waals surface area contributed by atoms with Gasteiger partial charge in [0.2, 0.25) is 5.82 Å². The van der Waals surface area contributed by atoms with Crippen LogP contribution in [0.25, 0.3) is 17.1 Å². The van der Waals surface area contributed by atoms with Crippen molar-refractivity contribution in [1.82, 2.24) is 35.8 Å². The lowest BCUT2D eigenvalue weighted by Gasteiger charge is -2.05. The van der Waals surface area contributed by atoms with E-state index in [2.05, 4.69) is 31.1 Å². The Balaban J connectivity index is 1.58. The van der Waals surface area contributed by atoms with Crippen LogP contribution in [0.15, 0.2) is 77.6 Å². The monoisotopic (exact) mass is 401 g/mol. The van der Waals surface area contributed by atoms with Crippen molar-refractivity contribution >= 4 is 11.8 Å². The van der Waals surface area contributed by atoms with Crippen LogP contribution in [0.5, 0.6) is 0 Å². The first-order valence-electron chi connectivity index (χ1n) is 8.86. The van der Waals surface area contributed by atoms with Gasteiger partial charge in [-0.25, -0.2) is 14.8 Å². The third kappa shape index (κ3) is 3.97. The number of hydrogen-bond donors (Lipinski definition) is 3. The average Bonchev–Trinajstić information content (AvgIpc) is 3.24. The second kappa shape index (κ2) is 8.19. The maximum absolute atomic E-state index is 12.5. The second-order valence-electron chi connectivity index (χ2n) is 6.09. The number of para-hydroxylation sites is 1. The van der Waals surface area contributed by atoms with Crippen molar-refractivity contribution in [2.75, 3.05) is 0 Å². The van der Waals surface area contributed by atoms with Crippen molar-refractivity contribution in [1.29, 1.82) is 0 Å². The fourth-order valence-corrected chi connectivity index (χ4v) is 2.64.